The van der Waals surface area contributed by atoms with Crippen molar-refractivity contribution in [3.8, 4) is 11.1 Å². The molecule has 0 aromatic heterocycles. The molecule has 0 nitrogen and oxygen atoms in total. The Labute approximate surface area is 267 Å². The third-order valence-corrected chi connectivity index (χ3v) is 16.0. The van der Waals surface area contributed by atoms with Gasteiger partial charge < -0.3 is 24.8 Å². The quantitative estimate of drug-likeness (QED) is 0.260. The topological polar surface area (TPSA) is 0 Å². The summed E-state index contributed by atoms with van der Waals surface area (Å²) in [6.45, 7) is 12.6. The van der Waals surface area contributed by atoms with Crippen LogP contribution >= 0.6 is 0 Å². The normalized spacial score (nSPS) is 14.2. The van der Waals surface area contributed by atoms with Crippen molar-refractivity contribution in [2.24, 2.45) is 5.92 Å². The summed E-state index contributed by atoms with van der Waals surface area (Å²) >= 11 is -3.01. The minimum absolute atomic E-state index is 0. The summed E-state index contributed by atoms with van der Waals surface area (Å²) in [5, 5.41) is 0. The zero-order chi connectivity index (χ0) is 28.0. The van der Waals surface area contributed by atoms with Gasteiger partial charge in [0, 0.05) is 0 Å². The molecule has 0 spiro atoms. The Kier molecular flexibility index (Phi) is 9.99. The van der Waals surface area contributed by atoms with Gasteiger partial charge in [0.25, 0.3) is 0 Å². The number of hydrogen-bond donors (Lipinski definition) is 0. The molecule has 4 aromatic rings. The Balaban J connectivity index is 0.00000202. The van der Waals surface area contributed by atoms with Crippen molar-refractivity contribution in [1.82, 2.24) is 0 Å². The summed E-state index contributed by atoms with van der Waals surface area (Å²) in [4.78, 5) is 0. The molecule has 0 N–H and O–H groups in total. The number of allylic oxidation sites excluding steroid dienone is 4. The van der Waals surface area contributed by atoms with E-state index in [0.29, 0.717) is 5.92 Å². The Hall–Kier alpha value is -2.97. The molecule has 0 saturated carbocycles. The molecule has 0 bridgehead atoms. The minimum atomic E-state index is -3.01. The van der Waals surface area contributed by atoms with Gasteiger partial charge in [-0.05, 0) is 0 Å². The molecule has 2 aliphatic rings. The molecule has 0 saturated heterocycles. The molecule has 1 atom stereocenters. The van der Waals surface area contributed by atoms with Crippen LogP contribution in [0.15, 0.2) is 113 Å². The molecule has 2 aliphatic carbocycles. The maximum Gasteiger partial charge on any atom is -1.00 e. The summed E-state index contributed by atoms with van der Waals surface area (Å²) in [6, 6.07) is 24.9. The summed E-state index contributed by atoms with van der Waals surface area (Å²) in [7, 11) is 0. The Morgan fingerprint density at radius 3 is 1.88 bits per heavy atom. The second-order valence-corrected chi connectivity index (χ2v) is 16.5. The van der Waals surface area contributed by atoms with Crippen LogP contribution < -0.4 is 28.1 Å². The molecular formula is C37H30Cl2F2Zr. The fourth-order valence-electron chi connectivity index (χ4n) is 6.11. The maximum absolute atomic E-state index is 14.2. The molecule has 0 radical (unpaired) electrons. The zero-order valence-corrected chi connectivity index (χ0v) is 27.5. The first-order valence-electron chi connectivity index (χ1n) is 13.6. The molecule has 5 heteroatoms. The molecule has 0 amide bonds. The van der Waals surface area contributed by atoms with Gasteiger partial charge in [0.1, 0.15) is 0 Å². The molecular weight excluding hydrogens is 645 g/mol. The molecule has 0 heterocycles. The number of halogens is 4. The van der Waals surface area contributed by atoms with Crippen LogP contribution in [-0.2, 0) is 27.7 Å². The molecule has 42 heavy (non-hydrogen) atoms. The molecule has 6 rings (SSSR count). The van der Waals surface area contributed by atoms with Crippen LogP contribution in [0.5, 0.6) is 0 Å². The van der Waals surface area contributed by atoms with Crippen LogP contribution in [0.3, 0.4) is 0 Å². The monoisotopic (exact) mass is 672 g/mol. The van der Waals surface area contributed by atoms with Crippen LogP contribution in [0.25, 0.3) is 23.3 Å². The van der Waals surface area contributed by atoms with E-state index >= 15 is 0 Å². The Morgan fingerprint density at radius 2 is 1.36 bits per heavy atom. The Bertz CT molecular complexity index is 1730. The first kappa shape index (κ1) is 32.0. The maximum atomic E-state index is 14.2. The van der Waals surface area contributed by atoms with E-state index in [1.54, 1.807) is 0 Å². The van der Waals surface area contributed by atoms with Gasteiger partial charge in [-0.2, -0.15) is 0 Å². The zero-order valence-electron chi connectivity index (χ0n) is 23.5. The number of fused-ring (bicyclic) bond motifs is 3. The minimum Gasteiger partial charge on any atom is -1.00 e. The molecule has 0 aliphatic heterocycles. The van der Waals surface area contributed by atoms with Crippen LogP contribution in [0.1, 0.15) is 47.2 Å². The second-order valence-electron chi connectivity index (χ2n) is 10.7. The third-order valence-electron chi connectivity index (χ3n) is 8.00. The van der Waals surface area contributed by atoms with E-state index in [1.807, 2.05) is 36.4 Å². The second kappa shape index (κ2) is 13.1. The van der Waals surface area contributed by atoms with E-state index in [9.17, 15) is 8.78 Å². The van der Waals surface area contributed by atoms with E-state index in [2.05, 4.69) is 69.5 Å². The van der Waals surface area contributed by atoms with Crippen molar-refractivity contribution in [2.45, 2.75) is 20.3 Å². The third kappa shape index (κ3) is 5.93. The van der Waals surface area contributed by atoms with Crippen molar-refractivity contribution in [1.29, 1.82) is 0 Å². The van der Waals surface area contributed by atoms with Crippen LogP contribution in [0.4, 0.5) is 8.78 Å². The van der Waals surface area contributed by atoms with Crippen LogP contribution in [0, 0.1) is 17.6 Å². The molecule has 4 aromatic carbocycles. The molecule has 210 valence electrons. The summed E-state index contributed by atoms with van der Waals surface area (Å²) in [6.07, 6.45) is 9.41. The van der Waals surface area contributed by atoms with E-state index in [1.165, 1.54) is 61.9 Å². The fraction of sp³-hybridized carbons (Fsp3) is 0.108. The van der Waals surface area contributed by atoms with E-state index in [-0.39, 0.29) is 36.4 Å². The van der Waals surface area contributed by atoms with Gasteiger partial charge in [0.15, 0.2) is 0 Å². The van der Waals surface area contributed by atoms with E-state index in [4.69, 9.17) is 0 Å². The fourth-order valence-corrected chi connectivity index (χ4v) is 14.8. The summed E-state index contributed by atoms with van der Waals surface area (Å²) in [5.74, 6) is -0.229. The van der Waals surface area contributed by atoms with Crippen LogP contribution in [-0.4, -0.2) is 3.21 Å². The predicted molar refractivity (Wildman–Crippen MR) is 162 cm³/mol. The van der Waals surface area contributed by atoms with Crippen molar-refractivity contribution in [3.05, 3.63) is 158 Å². The first-order valence-corrected chi connectivity index (χ1v) is 17.3. The number of rotatable bonds is 6. The van der Waals surface area contributed by atoms with Gasteiger partial charge in [-0.3, -0.25) is 0 Å². The van der Waals surface area contributed by atoms with Gasteiger partial charge in [-0.1, -0.05) is 0 Å². The number of benzene rings is 4. The smallest absolute Gasteiger partial charge is 1.00 e. The SMILES string of the molecule is C=Cc1ccc2c(c1)-c1cc(C=C)c[c]([Zr+2]([C]3=CC(C)=CC3C)=[C](c3ccc(F)cc3)c3ccc(F)cc3)c1C2.[Cl-].[Cl-]. The van der Waals surface area contributed by atoms with Crippen molar-refractivity contribution < 1.29 is 54.9 Å². The summed E-state index contributed by atoms with van der Waals surface area (Å²) in [5.41, 5.74) is 10.7. The van der Waals surface area contributed by atoms with Gasteiger partial charge in [0.2, 0.25) is 0 Å². The van der Waals surface area contributed by atoms with Crippen molar-refractivity contribution >= 4 is 18.6 Å². The largest absolute Gasteiger partial charge is 1.00 e. The Morgan fingerprint density at radius 1 is 0.786 bits per heavy atom. The average molecular weight is 675 g/mol. The molecule has 0 fully saturated rings. The number of hydrogen-bond acceptors (Lipinski definition) is 0. The van der Waals surface area contributed by atoms with E-state index in [0.717, 1.165) is 28.7 Å². The van der Waals surface area contributed by atoms with Crippen LogP contribution in [0.2, 0.25) is 0 Å². The van der Waals surface area contributed by atoms with Gasteiger partial charge in [-0.25, -0.2) is 0 Å². The predicted octanol–water partition coefficient (Wildman–Crippen LogP) is 2.82. The van der Waals surface area contributed by atoms with E-state index < -0.39 is 21.3 Å². The standard InChI is InChI=1S/C17H13.C13H8F2.C7H9.2ClH.Zr/c1-3-12-5-7-14-11-15-8-6-13(4-2)10-17(15)16(14)9-12;14-12-5-1-10(2-6-12)9-11-3-7-13(15)8-4-11;1-6-3-4-7(2)5-6;;;/h3-7,9-10H,1-2,11H2;1-8H;3,5,7H,1-2H3;2*1H;/q;;;;;+2/p-2. The van der Waals surface area contributed by atoms with Gasteiger partial charge in [0.05, 0.1) is 0 Å². The van der Waals surface area contributed by atoms with Crippen molar-refractivity contribution in [3.63, 3.8) is 0 Å². The molecule has 1 unspecified atom stereocenters. The first-order chi connectivity index (χ1) is 19.4. The summed E-state index contributed by atoms with van der Waals surface area (Å²) < 4.78 is 32.4. The van der Waals surface area contributed by atoms with Gasteiger partial charge >= 0.3 is 244 Å². The average Bonchev–Trinajstić information content (AvgIpc) is 3.50. The van der Waals surface area contributed by atoms with Crippen molar-refractivity contribution in [2.75, 3.05) is 0 Å². The van der Waals surface area contributed by atoms with Gasteiger partial charge in [-0.15, -0.1) is 0 Å².